The van der Waals surface area contributed by atoms with Crippen LogP contribution in [-0.4, -0.2) is 39.9 Å². The van der Waals surface area contributed by atoms with Gasteiger partial charge in [0.25, 0.3) is 0 Å². The summed E-state index contributed by atoms with van der Waals surface area (Å²) in [4.78, 5) is 0. The Kier molecular flexibility index (Phi) is 4.03. The van der Waals surface area contributed by atoms with Crippen molar-refractivity contribution < 1.29 is 9.84 Å². The molecular formula is C9H17N3O2. The standard InChI is InChI=1S/C9H17N3O2/c1-7(2)12-5-8(10-11-12)4-9(13)6-14-3/h5,7,9,13H,4,6H2,1-3H3/t9-/m0/s1. The Morgan fingerprint density at radius 1 is 1.57 bits per heavy atom. The average Bonchev–Trinajstić information content (AvgIpc) is 2.53. The highest BCUT2D eigenvalue weighted by atomic mass is 16.5. The summed E-state index contributed by atoms with van der Waals surface area (Å²) in [6.07, 6.45) is 1.83. The van der Waals surface area contributed by atoms with E-state index in [-0.39, 0.29) is 0 Å². The summed E-state index contributed by atoms with van der Waals surface area (Å²) < 4.78 is 6.60. The van der Waals surface area contributed by atoms with E-state index in [4.69, 9.17) is 4.74 Å². The number of aliphatic hydroxyl groups is 1. The van der Waals surface area contributed by atoms with Crippen LogP contribution in [0, 0.1) is 0 Å². The Bertz CT molecular complexity index is 273. The molecule has 80 valence electrons. The van der Waals surface area contributed by atoms with Crippen molar-refractivity contribution >= 4 is 0 Å². The van der Waals surface area contributed by atoms with Gasteiger partial charge in [-0.3, -0.25) is 0 Å². The van der Waals surface area contributed by atoms with Crippen molar-refractivity contribution in [3.63, 3.8) is 0 Å². The second-order valence-electron chi connectivity index (χ2n) is 3.60. The van der Waals surface area contributed by atoms with Crippen molar-refractivity contribution in [3.8, 4) is 0 Å². The first kappa shape index (κ1) is 11.1. The van der Waals surface area contributed by atoms with Gasteiger partial charge in [-0.1, -0.05) is 5.21 Å². The summed E-state index contributed by atoms with van der Waals surface area (Å²) in [6.45, 7) is 4.39. The van der Waals surface area contributed by atoms with Gasteiger partial charge >= 0.3 is 0 Å². The molecule has 0 bridgehead atoms. The van der Waals surface area contributed by atoms with Gasteiger partial charge in [0.2, 0.25) is 0 Å². The normalized spacial score (nSPS) is 13.5. The Morgan fingerprint density at radius 2 is 2.29 bits per heavy atom. The lowest BCUT2D eigenvalue weighted by molar-refractivity contribution is 0.0644. The Morgan fingerprint density at radius 3 is 2.79 bits per heavy atom. The fourth-order valence-electron chi connectivity index (χ4n) is 1.15. The quantitative estimate of drug-likeness (QED) is 0.746. The van der Waals surface area contributed by atoms with Crippen LogP contribution in [-0.2, 0) is 11.2 Å². The van der Waals surface area contributed by atoms with Gasteiger partial charge in [0, 0.05) is 25.8 Å². The van der Waals surface area contributed by atoms with Crippen LogP contribution >= 0.6 is 0 Å². The molecule has 0 aliphatic rings. The summed E-state index contributed by atoms with van der Waals surface area (Å²) in [6, 6.07) is 0.302. The van der Waals surface area contributed by atoms with Crippen LogP contribution in [0.3, 0.4) is 0 Å². The maximum Gasteiger partial charge on any atom is 0.0853 e. The molecule has 1 atom stereocenters. The summed E-state index contributed by atoms with van der Waals surface area (Å²) in [7, 11) is 1.56. The molecule has 0 spiro atoms. The molecule has 5 nitrogen and oxygen atoms in total. The zero-order valence-corrected chi connectivity index (χ0v) is 8.84. The van der Waals surface area contributed by atoms with Crippen LogP contribution in [0.5, 0.6) is 0 Å². The van der Waals surface area contributed by atoms with Gasteiger partial charge in [-0.2, -0.15) is 0 Å². The highest BCUT2D eigenvalue weighted by Gasteiger charge is 2.09. The number of aliphatic hydroxyl groups excluding tert-OH is 1. The molecule has 1 aromatic heterocycles. The summed E-state index contributed by atoms with van der Waals surface area (Å²) >= 11 is 0. The van der Waals surface area contributed by atoms with E-state index in [1.165, 1.54) is 0 Å². The third-order valence-corrected chi connectivity index (χ3v) is 1.89. The molecule has 5 heteroatoms. The van der Waals surface area contributed by atoms with Crippen molar-refractivity contribution in [2.45, 2.75) is 32.4 Å². The number of methoxy groups -OCH3 is 1. The van der Waals surface area contributed by atoms with E-state index < -0.39 is 6.10 Å². The molecule has 0 saturated carbocycles. The molecule has 0 amide bonds. The van der Waals surface area contributed by atoms with Gasteiger partial charge in [0.15, 0.2) is 0 Å². The molecule has 0 saturated heterocycles. The zero-order valence-electron chi connectivity index (χ0n) is 8.84. The van der Waals surface area contributed by atoms with Crippen molar-refractivity contribution in [1.82, 2.24) is 15.0 Å². The van der Waals surface area contributed by atoms with Crippen LogP contribution in [0.1, 0.15) is 25.6 Å². The van der Waals surface area contributed by atoms with E-state index in [9.17, 15) is 5.11 Å². The first-order valence-electron chi connectivity index (χ1n) is 4.71. The van der Waals surface area contributed by atoms with E-state index in [2.05, 4.69) is 10.3 Å². The average molecular weight is 199 g/mol. The number of ether oxygens (including phenoxy) is 1. The number of hydrogen-bond acceptors (Lipinski definition) is 4. The summed E-state index contributed by atoms with van der Waals surface area (Å²) in [5.41, 5.74) is 0.795. The molecule has 0 radical (unpaired) electrons. The minimum absolute atomic E-state index is 0.302. The van der Waals surface area contributed by atoms with Crippen LogP contribution in [0.25, 0.3) is 0 Å². The molecule has 0 unspecified atom stereocenters. The lowest BCUT2D eigenvalue weighted by Gasteiger charge is -2.06. The molecule has 0 aliphatic carbocycles. The fourth-order valence-corrected chi connectivity index (χ4v) is 1.15. The van der Waals surface area contributed by atoms with Crippen LogP contribution in [0.15, 0.2) is 6.20 Å². The highest BCUT2D eigenvalue weighted by Crippen LogP contribution is 2.04. The maximum absolute atomic E-state index is 9.45. The molecule has 14 heavy (non-hydrogen) atoms. The monoisotopic (exact) mass is 199 g/mol. The van der Waals surface area contributed by atoms with E-state index in [1.54, 1.807) is 11.8 Å². The highest BCUT2D eigenvalue weighted by molar-refractivity contribution is 4.95. The molecule has 0 aliphatic heterocycles. The smallest absolute Gasteiger partial charge is 0.0853 e. The molecule has 1 aromatic rings. The van der Waals surface area contributed by atoms with Crippen molar-refractivity contribution in [1.29, 1.82) is 0 Å². The molecule has 0 fully saturated rings. The molecular weight excluding hydrogens is 182 g/mol. The molecule has 1 N–H and O–H groups in total. The molecule has 0 aromatic carbocycles. The topological polar surface area (TPSA) is 60.2 Å². The molecule has 1 heterocycles. The second kappa shape index (κ2) is 5.07. The van der Waals surface area contributed by atoms with Gasteiger partial charge < -0.3 is 9.84 Å². The van der Waals surface area contributed by atoms with Crippen LogP contribution in [0.2, 0.25) is 0 Å². The Hall–Kier alpha value is -0.940. The van der Waals surface area contributed by atoms with Crippen LogP contribution in [0.4, 0.5) is 0 Å². The van der Waals surface area contributed by atoms with Crippen molar-refractivity contribution in [3.05, 3.63) is 11.9 Å². The van der Waals surface area contributed by atoms with Crippen molar-refractivity contribution in [2.75, 3.05) is 13.7 Å². The third kappa shape index (κ3) is 3.08. The Balaban J connectivity index is 2.51. The van der Waals surface area contributed by atoms with Crippen molar-refractivity contribution in [2.24, 2.45) is 0 Å². The number of aromatic nitrogens is 3. The SMILES string of the molecule is COC[C@@H](O)Cc1cn(C(C)C)nn1. The van der Waals surface area contributed by atoms with Gasteiger partial charge in [0.1, 0.15) is 0 Å². The third-order valence-electron chi connectivity index (χ3n) is 1.89. The first-order valence-corrected chi connectivity index (χ1v) is 4.71. The van der Waals surface area contributed by atoms with Gasteiger partial charge in [-0.15, -0.1) is 5.10 Å². The van der Waals surface area contributed by atoms with Gasteiger partial charge in [-0.05, 0) is 13.8 Å². The van der Waals surface area contributed by atoms with E-state index in [0.29, 0.717) is 19.1 Å². The largest absolute Gasteiger partial charge is 0.390 e. The van der Waals surface area contributed by atoms with Gasteiger partial charge in [0.05, 0.1) is 18.4 Å². The number of hydrogen-bond donors (Lipinski definition) is 1. The number of rotatable bonds is 5. The minimum atomic E-state index is -0.502. The number of nitrogens with zero attached hydrogens (tertiary/aromatic N) is 3. The molecule has 1 rings (SSSR count). The predicted octanol–water partition coefficient (Wildman–Crippen LogP) is 0.409. The van der Waals surface area contributed by atoms with Gasteiger partial charge in [-0.25, -0.2) is 4.68 Å². The lowest BCUT2D eigenvalue weighted by Crippen LogP contribution is -2.17. The predicted molar refractivity (Wildman–Crippen MR) is 52.0 cm³/mol. The maximum atomic E-state index is 9.45. The minimum Gasteiger partial charge on any atom is -0.390 e. The van der Waals surface area contributed by atoms with Crippen LogP contribution < -0.4 is 0 Å². The first-order chi connectivity index (χ1) is 6.63. The van der Waals surface area contributed by atoms with E-state index >= 15 is 0 Å². The van der Waals surface area contributed by atoms with E-state index in [0.717, 1.165) is 5.69 Å². The zero-order chi connectivity index (χ0) is 10.6. The summed E-state index contributed by atoms with van der Waals surface area (Å²) in [5.74, 6) is 0. The second-order valence-corrected chi connectivity index (χ2v) is 3.60. The summed E-state index contributed by atoms with van der Waals surface area (Å²) in [5, 5.41) is 17.3. The fraction of sp³-hybridized carbons (Fsp3) is 0.778. The Labute approximate surface area is 83.7 Å². The lowest BCUT2D eigenvalue weighted by atomic mass is 10.2. The van der Waals surface area contributed by atoms with E-state index in [1.807, 2.05) is 20.0 Å².